The SMILES string of the molecule is CC(=O)C1(O)CC(=[N+]=[N-])C=CC1C(=O)O. The van der Waals surface area contributed by atoms with Gasteiger partial charge >= 0.3 is 5.97 Å². The molecular formula is C9H10N2O4. The first-order valence-corrected chi connectivity index (χ1v) is 4.27. The van der Waals surface area contributed by atoms with Crippen LogP contribution in [0.2, 0.25) is 0 Å². The van der Waals surface area contributed by atoms with E-state index in [1.165, 1.54) is 6.08 Å². The number of rotatable bonds is 2. The minimum Gasteiger partial charge on any atom is -0.481 e. The van der Waals surface area contributed by atoms with Crippen molar-refractivity contribution < 1.29 is 24.6 Å². The highest BCUT2D eigenvalue weighted by Crippen LogP contribution is 2.28. The van der Waals surface area contributed by atoms with Crippen LogP contribution in [-0.4, -0.2) is 38.1 Å². The van der Waals surface area contributed by atoms with Gasteiger partial charge in [-0.2, -0.15) is 4.79 Å². The van der Waals surface area contributed by atoms with Gasteiger partial charge in [0.25, 0.3) is 5.71 Å². The van der Waals surface area contributed by atoms with Gasteiger partial charge < -0.3 is 15.7 Å². The second-order valence-electron chi connectivity index (χ2n) is 3.42. The summed E-state index contributed by atoms with van der Waals surface area (Å²) in [6.07, 6.45) is 2.12. The molecule has 1 aliphatic carbocycles. The molecule has 0 fully saturated rings. The van der Waals surface area contributed by atoms with Crippen LogP contribution in [0.15, 0.2) is 12.2 Å². The third kappa shape index (κ3) is 1.86. The zero-order valence-electron chi connectivity index (χ0n) is 8.04. The van der Waals surface area contributed by atoms with Gasteiger partial charge in [0.05, 0.1) is 6.42 Å². The van der Waals surface area contributed by atoms with Crippen LogP contribution in [0.3, 0.4) is 0 Å². The Morgan fingerprint density at radius 3 is 2.67 bits per heavy atom. The molecule has 1 rings (SSSR count). The molecular weight excluding hydrogens is 200 g/mol. The monoisotopic (exact) mass is 210 g/mol. The number of carbonyl (C=O) groups excluding carboxylic acids is 1. The predicted molar refractivity (Wildman–Crippen MR) is 49.1 cm³/mol. The fourth-order valence-corrected chi connectivity index (χ4v) is 1.51. The maximum Gasteiger partial charge on any atom is 0.313 e. The fourth-order valence-electron chi connectivity index (χ4n) is 1.51. The van der Waals surface area contributed by atoms with Crippen molar-refractivity contribution in [2.75, 3.05) is 0 Å². The van der Waals surface area contributed by atoms with E-state index in [9.17, 15) is 14.7 Å². The molecule has 0 radical (unpaired) electrons. The number of carboxylic acids is 1. The van der Waals surface area contributed by atoms with Crippen molar-refractivity contribution in [1.29, 1.82) is 0 Å². The normalized spacial score (nSPS) is 29.7. The van der Waals surface area contributed by atoms with Crippen LogP contribution in [0.1, 0.15) is 13.3 Å². The quantitative estimate of drug-likeness (QED) is 0.478. The zero-order valence-corrected chi connectivity index (χ0v) is 8.04. The Hall–Kier alpha value is -1.78. The van der Waals surface area contributed by atoms with E-state index < -0.39 is 23.3 Å². The number of ketones is 1. The Labute approximate surface area is 85.5 Å². The number of allylic oxidation sites excluding steroid dienone is 1. The lowest BCUT2D eigenvalue weighted by Crippen LogP contribution is -2.50. The lowest BCUT2D eigenvalue weighted by Gasteiger charge is -2.29. The lowest BCUT2D eigenvalue weighted by molar-refractivity contribution is -0.157. The molecule has 0 heterocycles. The van der Waals surface area contributed by atoms with Crippen molar-refractivity contribution in [2.45, 2.75) is 18.9 Å². The van der Waals surface area contributed by atoms with Gasteiger partial charge in [-0.05, 0) is 6.92 Å². The molecule has 0 aromatic heterocycles. The number of aliphatic carboxylic acids is 1. The van der Waals surface area contributed by atoms with E-state index in [-0.39, 0.29) is 12.1 Å². The van der Waals surface area contributed by atoms with Crippen molar-refractivity contribution in [3.05, 3.63) is 17.7 Å². The summed E-state index contributed by atoms with van der Waals surface area (Å²) in [4.78, 5) is 24.9. The van der Waals surface area contributed by atoms with Gasteiger partial charge in [-0.3, -0.25) is 9.59 Å². The molecule has 2 atom stereocenters. The highest BCUT2D eigenvalue weighted by molar-refractivity contribution is 6.02. The van der Waals surface area contributed by atoms with Gasteiger partial charge in [0.15, 0.2) is 11.4 Å². The second kappa shape index (κ2) is 3.76. The topological polar surface area (TPSA) is 111 Å². The average molecular weight is 210 g/mol. The lowest BCUT2D eigenvalue weighted by atomic mass is 9.76. The van der Waals surface area contributed by atoms with Crippen molar-refractivity contribution >= 4 is 17.5 Å². The summed E-state index contributed by atoms with van der Waals surface area (Å²) >= 11 is 0. The first-order chi connectivity index (χ1) is 6.91. The van der Waals surface area contributed by atoms with E-state index in [0.29, 0.717) is 0 Å². The van der Waals surface area contributed by atoms with Gasteiger partial charge in [0.2, 0.25) is 0 Å². The molecule has 1 aliphatic rings. The molecule has 0 aromatic carbocycles. The van der Waals surface area contributed by atoms with Crippen molar-refractivity contribution in [2.24, 2.45) is 5.92 Å². The van der Waals surface area contributed by atoms with Gasteiger partial charge in [0.1, 0.15) is 5.92 Å². The Morgan fingerprint density at radius 2 is 2.27 bits per heavy atom. The van der Waals surface area contributed by atoms with Gasteiger partial charge in [0, 0.05) is 6.08 Å². The summed E-state index contributed by atoms with van der Waals surface area (Å²) in [6.45, 7) is 1.10. The summed E-state index contributed by atoms with van der Waals surface area (Å²) in [7, 11) is 0. The van der Waals surface area contributed by atoms with E-state index in [1.807, 2.05) is 0 Å². The molecule has 0 aliphatic heterocycles. The molecule has 80 valence electrons. The van der Waals surface area contributed by atoms with Crippen LogP contribution in [0.4, 0.5) is 0 Å². The van der Waals surface area contributed by atoms with Crippen molar-refractivity contribution in [3.63, 3.8) is 0 Å². The van der Waals surface area contributed by atoms with Crippen LogP contribution in [0, 0.1) is 5.92 Å². The standard InChI is InChI=1S/C9H10N2O4/c1-5(12)9(15)4-6(11-10)2-3-7(9)8(13)14/h2-3,7,15H,4H2,1H3,(H,13,14). The summed E-state index contributed by atoms with van der Waals surface area (Å²) < 4.78 is 0. The van der Waals surface area contributed by atoms with Crippen LogP contribution in [0.25, 0.3) is 5.53 Å². The van der Waals surface area contributed by atoms with Crippen molar-refractivity contribution in [3.8, 4) is 0 Å². The first-order valence-electron chi connectivity index (χ1n) is 4.27. The molecule has 0 aromatic rings. The van der Waals surface area contributed by atoms with Crippen molar-refractivity contribution in [1.82, 2.24) is 0 Å². The molecule has 0 spiro atoms. The average Bonchev–Trinajstić information content (AvgIpc) is 2.16. The molecule has 0 saturated carbocycles. The maximum atomic E-state index is 11.2. The first kappa shape index (κ1) is 11.3. The van der Waals surface area contributed by atoms with Gasteiger partial charge in [-0.1, -0.05) is 6.08 Å². The summed E-state index contributed by atoms with van der Waals surface area (Å²) in [5.74, 6) is -3.26. The number of Topliss-reactive ketones (excluding diaryl/α,β-unsaturated/α-hetero) is 1. The highest BCUT2D eigenvalue weighted by atomic mass is 16.4. The Kier molecular flexibility index (Phi) is 2.83. The Bertz CT molecular complexity index is 395. The minimum atomic E-state index is -2.03. The summed E-state index contributed by atoms with van der Waals surface area (Å²) in [6, 6.07) is 0. The molecule has 0 amide bonds. The molecule has 6 heteroatoms. The number of carboxylic acid groups (broad SMARTS) is 1. The number of hydrogen-bond donors (Lipinski definition) is 2. The second-order valence-corrected chi connectivity index (χ2v) is 3.42. The largest absolute Gasteiger partial charge is 0.481 e. The van der Waals surface area contributed by atoms with E-state index in [1.54, 1.807) is 0 Å². The molecule has 15 heavy (non-hydrogen) atoms. The molecule has 2 N–H and O–H groups in total. The number of nitrogens with zero attached hydrogens (tertiary/aromatic N) is 2. The minimum absolute atomic E-state index is 0.0743. The summed E-state index contributed by atoms with van der Waals surface area (Å²) in [5.41, 5.74) is 6.55. The molecule has 0 bridgehead atoms. The third-order valence-electron chi connectivity index (χ3n) is 2.45. The highest BCUT2D eigenvalue weighted by Gasteiger charge is 2.49. The van der Waals surface area contributed by atoms with Gasteiger partial charge in [-0.25, -0.2) is 0 Å². The fraction of sp³-hybridized carbons (Fsp3) is 0.444. The molecule has 6 nitrogen and oxygen atoms in total. The summed E-state index contributed by atoms with van der Waals surface area (Å²) in [5, 5.41) is 18.7. The predicted octanol–water partition coefficient (Wildman–Crippen LogP) is -0.362. The smallest absolute Gasteiger partial charge is 0.313 e. The maximum absolute atomic E-state index is 11.2. The van der Waals surface area contributed by atoms with Gasteiger partial charge in [-0.15, -0.1) is 0 Å². The number of aliphatic hydroxyl groups is 1. The van der Waals surface area contributed by atoms with E-state index >= 15 is 0 Å². The van der Waals surface area contributed by atoms with Crippen LogP contribution >= 0.6 is 0 Å². The molecule has 0 saturated heterocycles. The van der Waals surface area contributed by atoms with E-state index in [0.717, 1.165) is 13.0 Å². The van der Waals surface area contributed by atoms with E-state index in [2.05, 4.69) is 4.79 Å². The van der Waals surface area contributed by atoms with Crippen LogP contribution in [0.5, 0.6) is 0 Å². The Balaban J connectivity index is 3.22. The number of carbonyl (C=O) groups is 2. The molecule has 2 unspecified atom stereocenters. The zero-order chi connectivity index (χ0) is 11.6. The number of hydrogen-bond acceptors (Lipinski definition) is 3. The van der Waals surface area contributed by atoms with E-state index in [4.69, 9.17) is 10.6 Å². The Morgan fingerprint density at radius 1 is 1.67 bits per heavy atom. The van der Waals surface area contributed by atoms with Crippen LogP contribution in [-0.2, 0) is 9.59 Å². The van der Waals surface area contributed by atoms with Crippen LogP contribution < -0.4 is 0 Å². The third-order valence-corrected chi connectivity index (χ3v) is 2.45.